The van der Waals surface area contributed by atoms with E-state index in [0.717, 1.165) is 17.5 Å². The highest BCUT2D eigenvalue weighted by molar-refractivity contribution is 7.80. The summed E-state index contributed by atoms with van der Waals surface area (Å²) in [6.45, 7) is 5.55. The van der Waals surface area contributed by atoms with Crippen LogP contribution in [0.5, 0.6) is 11.5 Å². The molecular weight excluding hydrogens is 443 g/mol. The fraction of sp³-hybridized carbons (Fsp3) is 0.364. The van der Waals surface area contributed by atoms with Crippen molar-refractivity contribution in [2.75, 3.05) is 0 Å². The van der Waals surface area contributed by atoms with Crippen LogP contribution in [-0.2, 0) is 10.3 Å². The number of fused-ring (bicyclic) bond motifs is 2. The first-order chi connectivity index (χ1) is 14.1. The predicted octanol–water partition coefficient (Wildman–Crippen LogP) is 5.28. The number of halogens is 2. The highest BCUT2D eigenvalue weighted by atomic mass is 35.5. The molecule has 5 nitrogen and oxygen atoms in total. The molecule has 1 spiro atoms. The van der Waals surface area contributed by atoms with Gasteiger partial charge in [-0.25, -0.2) is 0 Å². The minimum Gasteiger partial charge on any atom is -0.485 e. The van der Waals surface area contributed by atoms with E-state index in [2.05, 4.69) is 24.5 Å². The number of ether oxygens (including phenoxy) is 2. The second-order valence-corrected chi connectivity index (χ2v) is 9.65. The number of esters is 1. The Balaban J connectivity index is 1.88. The van der Waals surface area contributed by atoms with Gasteiger partial charge in [0.05, 0.1) is 10.6 Å². The van der Waals surface area contributed by atoms with Crippen LogP contribution in [0, 0.1) is 0 Å². The average Bonchev–Trinajstić information content (AvgIpc) is 2.61. The SMILES string of the molecule is CC(=O)Oc1cc2c(cc1Cl)[C@]1(C[C@@H](c3ccccc3Cl)O2)CC(C)(C)NC(=S)N1. The molecular formula is C22H22Cl2N2O3S. The molecule has 0 aromatic heterocycles. The maximum absolute atomic E-state index is 11.5. The van der Waals surface area contributed by atoms with Gasteiger partial charge in [0.15, 0.2) is 10.9 Å². The molecule has 2 aliphatic rings. The minimum absolute atomic E-state index is 0.247. The number of nitrogens with one attached hydrogen (secondary N) is 2. The van der Waals surface area contributed by atoms with Crippen molar-refractivity contribution in [1.82, 2.24) is 10.6 Å². The molecule has 0 radical (unpaired) electrons. The van der Waals surface area contributed by atoms with E-state index in [9.17, 15) is 4.79 Å². The summed E-state index contributed by atoms with van der Waals surface area (Å²) in [5, 5.41) is 8.35. The summed E-state index contributed by atoms with van der Waals surface area (Å²) in [6, 6.07) is 11.1. The molecule has 2 aromatic carbocycles. The Morgan fingerprint density at radius 3 is 2.60 bits per heavy atom. The highest BCUT2D eigenvalue weighted by Gasteiger charge is 2.49. The van der Waals surface area contributed by atoms with Gasteiger partial charge in [-0.15, -0.1) is 0 Å². The van der Waals surface area contributed by atoms with Crippen LogP contribution in [0.2, 0.25) is 10.0 Å². The van der Waals surface area contributed by atoms with Crippen molar-refractivity contribution >= 4 is 46.5 Å². The fourth-order valence-electron chi connectivity index (χ4n) is 4.45. The van der Waals surface area contributed by atoms with E-state index < -0.39 is 11.5 Å². The molecule has 2 N–H and O–H groups in total. The smallest absolute Gasteiger partial charge is 0.308 e. The summed E-state index contributed by atoms with van der Waals surface area (Å²) in [5.41, 5.74) is 0.992. The minimum atomic E-state index is -0.526. The molecule has 0 saturated carbocycles. The molecule has 1 saturated heterocycles. The van der Waals surface area contributed by atoms with E-state index in [4.69, 9.17) is 44.9 Å². The van der Waals surface area contributed by atoms with Crippen molar-refractivity contribution in [3.8, 4) is 11.5 Å². The molecule has 0 aliphatic carbocycles. The van der Waals surface area contributed by atoms with Crippen molar-refractivity contribution in [3.63, 3.8) is 0 Å². The number of carbonyl (C=O) groups excluding carboxylic acids is 1. The van der Waals surface area contributed by atoms with Gasteiger partial charge in [-0.2, -0.15) is 0 Å². The Hall–Kier alpha value is -2.02. The summed E-state index contributed by atoms with van der Waals surface area (Å²) in [5.74, 6) is 0.390. The zero-order chi connectivity index (χ0) is 21.7. The second-order valence-electron chi connectivity index (χ2n) is 8.43. The van der Waals surface area contributed by atoms with Gasteiger partial charge in [-0.05, 0) is 44.6 Å². The first-order valence-electron chi connectivity index (χ1n) is 9.62. The number of hydrogen-bond acceptors (Lipinski definition) is 4. The Kier molecular flexibility index (Phi) is 5.37. The van der Waals surface area contributed by atoms with E-state index in [-0.39, 0.29) is 17.4 Å². The molecule has 0 unspecified atom stereocenters. The van der Waals surface area contributed by atoms with Gasteiger partial charge < -0.3 is 20.1 Å². The zero-order valence-electron chi connectivity index (χ0n) is 16.8. The van der Waals surface area contributed by atoms with Crippen LogP contribution in [0.3, 0.4) is 0 Å². The maximum Gasteiger partial charge on any atom is 0.308 e. The summed E-state index contributed by atoms with van der Waals surface area (Å²) >= 11 is 18.5. The molecule has 158 valence electrons. The number of thiocarbonyl (C=S) groups is 1. The lowest BCUT2D eigenvalue weighted by Gasteiger charge is -2.51. The van der Waals surface area contributed by atoms with Crippen molar-refractivity contribution in [1.29, 1.82) is 0 Å². The lowest BCUT2D eigenvalue weighted by atomic mass is 9.72. The van der Waals surface area contributed by atoms with Crippen molar-refractivity contribution < 1.29 is 14.3 Å². The van der Waals surface area contributed by atoms with E-state index >= 15 is 0 Å². The van der Waals surface area contributed by atoms with Crippen LogP contribution in [0.25, 0.3) is 0 Å². The lowest BCUT2D eigenvalue weighted by Crippen LogP contribution is -2.65. The summed E-state index contributed by atoms with van der Waals surface area (Å²) < 4.78 is 11.6. The van der Waals surface area contributed by atoms with Gasteiger partial charge in [0.2, 0.25) is 0 Å². The molecule has 4 rings (SSSR count). The number of benzene rings is 2. The number of rotatable bonds is 2. The van der Waals surface area contributed by atoms with Crippen LogP contribution >= 0.6 is 35.4 Å². The first-order valence-corrected chi connectivity index (χ1v) is 10.8. The third-order valence-electron chi connectivity index (χ3n) is 5.41. The van der Waals surface area contributed by atoms with Crippen LogP contribution in [0.15, 0.2) is 36.4 Å². The maximum atomic E-state index is 11.5. The van der Waals surface area contributed by atoms with Gasteiger partial charge >= 0.3 is 5.97 Å². The monoisotopic (exact) mass is 464 g/mol. The average molecular weight is 465 g/mol. The molecule has 0 bridgehead atoms. The van der Waals surface area contributed by atoms with E-state index in [1.165, 1.54) is 6.92 Å². The third kappa shape index (κ3) is 3.96. The Bertz CT molecular complexity index is 1040. The Labute approximate surface area is 191 Å². The molecule has 0 amide bonds. The van der Waals surface area contributed by atoms with Gasteiger partial charge in [0.1, 0.15) is 11.9 Å². The van der Waals surface area contributed by atoms with E-state index in [0.29, 0.717) is 27.3 Å². The van der Waals surface area contributed by atoms with Gasteiger partial charge in [0.25, 0.3) is 0 Å². The molecule has 2 aliphatic heterocycles. The molecule has 30 heavy (non-hydrogen) atoms. The normalized spacial score (nSPS) is 24.3. The third-order valence-corrected chi connectivity index (χ3v) is 6.25. The van der Waals surface area contributed by atoms with Crippen molar-refractivity contribution in [2.45, 2.75) is 50.8 Å². The summed E-state index contributed by atoms with van der Waals surface area (Å²) in [7, 11) is 0. The molecule has 8 heteroatoms. The lowest BCUT2D eigenvalue weighted by molar-refractivity contribution is -0.131. The topological polar surface area (TPSA) is 59.6 Å². The van der Waals surface area contributed by atoms with Gasteiger partial charge in [-0.1, -0.05) is 41.4 Å². The first kappa shape index (κ1) is 21.2. The molecule has 2 atom stereocenters. The fourth-order valence-corrected chi connectivity index (χ4v) is 5.39. The largest absolute Gasteiger partial charge is 0.485 e. The number of carbonyl (C=O) groups is 1. The zero-order valence-corrected chi connectivity index (χ0v) is 19.2. The predicted molar refractivity (Wildman–Crippen MR) is 121 cm³/mol. The van der Waals surface area contributed by atoms with E-state index in [1.54, 1.807) is 12.1 Å². The van der Waals surface area contributed by atoms with Crippen LogP contribution in [0.4, 0.5) is 0 Å². The van der Waals surface area contributed by atoms with Gasteiger partial charge in [0, 0.05) is 41.1 Å². The highest BCUT2D eigenvalue weighted by Crippen LogP contribution is 2.52. The van der Waals surface area contributed by atoms with E-state index in [1.807, 2.05) is 24.3 Å². The van der Waals surface area contributed by atoms with Crippen LogP contribution in [0.1, 0.15) is 50.8 Å². The Morgan fingerprint density at radius 1 is 1.20 bits per heavy atom. The van der Waals surface area contributed by atoms with Crippen LogP contribution in [-0.4, -0.2) is 16.6 Å². The quantitative estimate of drug-likeness (QED) is 0.357. The molecule has 2 aromatic rings. The summed E-state index contributed by atoms with van der Waals surface area (Å²) in [6.07, 6.45) is 1.03. The summed E-state index contributed by atoms with van der Waals surface area (Å²) in [4.78, 5) is 11.5. The second kappa shape index (κ2) is 7.59. The van der Waals surface area contributed by atoms with Crippen molar-refractivity contribution in [3.05, 3.63) is 57.6 Å². The molecule has 2 heterocycles. The standard InChI is InChI=1S/C22H22Cl2N2O3S/c1-12(27)28-18-9-17-14(8-16(18)24)22(11-21(2,3)25-20(30)26-22)10-19(29-17)13-6-4-5-7-15(13)23/h4-9,19H,10-11H2,1-3H3,(H2,25,26,30)/t19-,22-/m0/s1. The molecule has 1 fully saturated rings. The van der Waals surface area contributed by atoms with Crippen LogP contribution < -0.4 is 20.1 Å². The number of hydrogen-bond donors (Lipinski definition) is 2. The van der Waals surface area contributed by atoms with Gasteiger partial charge in [-0.3, -0.25) is 4.79 Å². The van der Waals surface area contributed by atoms with Crippen molar-refractivity contribution in [2.24, 2.45) is 0 Å². The Morgan fingerprint density at radius 2 is 1.93 bits per heavy atom.